The summed E-state index contributed by atoms with van der Waals surface area (Å²) in [5, 5.41) is 19.6. The van der Waals surface area contributed by atoms with E-state index in [1.165, 1.54) is 35.1 Å². The number of non-ortho nitro benzene ring substituents is 1. The number of carbonyl (C=O) groups excluding carboxylic acids is 1. The van der Waals surface area contributed by atoms with Crippen molar-refractivity contribution in [2.24, 2.45) is 0 Å². The largest absolute Gasteiger partial charge is 0.479 e. The third kappa shape index (κ3) is 4.99. The maximum Gasteiger partial charge on any atom is 0.362 e. The monoisotopic (exact) mass is 469 g/mol. The zero-order chi connectivity index (χ0) is 23.4. The Kier molecular flexibility index (Phi) is 6.31. The number of nitro benzene ring substituents is 1. The quantitative estimate of drug-likeness (QED) is 0.211. The van der Waals surface area contributed by atoms with E-state index >= 15 is 0 Å². The lowest BCUT2D eigenvalue weighted by atomic mass is 10.2. The molecule has 12 heteroatoms. The van der Waals surface area contributed by atoms with Gasteiger partial charge in [0.05, 0.1) is 23.4 Å². The number of rotatable bonds is 8. The van der Waals surface area contributed by atoms with Gasteiger partial charge in [0.2, 0.25) is 11.5 Å². The van der Waals surface area contributed by atoms with E-state index < -0.39 is 10.9 Å². The van der Waals surface area contributed by atoms with Crippen molar-refractivity contribution in [2.45, 2.75) is 13.5 Å². The van der Waals surface area contributed by atoms with Crippen molar-refractivity contribution in [2.75, 3.05) is 6.61 Å². The highest BCUT2D eigenvalue weighted by molar-refractivity contribution is 6.30. The van der Waals surface area contributed by atoms with Crippen LogP contribution in [0, 0.1) is 10.1 Å². The molecule has 0 bridgehead atoms. The Bertz CT molecular complexity index is 1280. The summed E-state index contributed by atoms with van der Waals surface area (Å²) in [7, 11) is 0. The van der Waals surface area contributed by atoms with Gasteiger partial charge in [0.1, 0.15) is 0 Å². The Morgan fingerprint density at radius 1 is 1.18 bits per heavy atom. The molecule has 0 saturated heterocycles. The highest BCUT2D eigenvalue weighted by Gasteiger charge is 2.21. The fourth-order valence-corrected chi connectivity index (χ4v) is 2.96. The summed E-state index contributed by atoms with van der Waals surface area (Å²) in [5.41, 5.74) is 1.07. The molecule has 33 heavy (non-hydrogen) atoms. The first kappa shape index (κ1) is 22.0. The Morgan fingerprint density at radius 3 is 2.58 bits per heavy atom. The molecular weight excluding hydrogens is 454 g/mol. The fourth-order valence-electron chi connectivity index (χ4n) is 2.83. The molecule has 0 fully saturated rings. The first-order valence-electron chi connectivity index (χ1n) is 9.67. The number of carbonyl (C=O) groups is 1. The Labute approximate surface area is 191 Å². The van der Waals surface area contributed by atoms with Gasteiger partial charge in [-0.25, -0.2) is 9.48 Å². The van der Waals surface area contributed by atoms with Crippen LogP contribution in [0.25, 0.3) is 17.1 Å². The second-order valence-corrected chi connectivity index (χ2v) is 7.02. The predicted molar refractivity (Wildman–Crippen MR) is 115 cm³/mol. The van der Waals surface area contributed by atoms with Crippen molar-refractivity contribution in [3.63, 3.8) is 0 Å². The van der Waals surface area contributed by atoms with Gasteiger partial charge in [-0.15, -0.1) is 0 Å². The van der Waals surface area contributed by atoms with Crippen LogP contribution in [-0.2, 0) is 11.3 Å². The third-order valence-corrected chi connectivity index (χ3v) is 4.65. The van der Waals surface area contributed by atoms with Crippen molar-refractivity contribution in [3.8, 4) is 22.8 Å². The molecule has 2 aromatic carbocycles. The van der Waals surface area contributed by atoms with Crippen LogP contribution in [0.15, 0.2) is 59.3 Å². The number of aromatic nitrogens is 4. The summed E-state index contributed by atoms with van der Waals surface area (Å²) in [6.07, 6.45) is 1.46. The molecule has 4 rings (SSSR count). The van der Waals surface area contributed by atoms with Crippen LogP contribution in [0.1, 0.15) is 23.3 Å². The highest BCUT2D eigenvalue weighted by atomic mass is 35.5. The Morgan fingerprint density at radius 2 is 1.91 bits per heavy atom. The number of halogens is 1. The van der Waals surface area contributed by atoms with E-state index in [4.69, 9.17) is 25.6 Å². The molecule has 0 amide bonds. The van der Waals surface area contributed by atoms with Gasteiger partial charge >= 0.3 is 5.97 Å². The third-order valence-electron chi connectivity index (χ3n) is 4.40. The van der Waals surface area contributed by atoms with Crippen LogP contribution < -0.4 is 4.74 Å². The minimum Gasteiger partial charge on any atom is -0.479 e. The zero-order valence-corrected chi connectivity index (χ0v) is 17.9. The van der Waals surface area contributed by atoms with Crippen LogP contribution in [0.2, 0.25) is 5.02 Å². The summed E-state index contributed by atoms with van der Waals surface area (Å²) in [6.45, 7) is 1.69. The van der Waals surface area contributed by atoms with Crippen molar-refractivity contribution < 1.29 is 23.7 Å². The van der Waals surface area contributed by atoms with Gasteiger partial charge in [-0.05, 0) is 43.3 Å². The summed E-state index contributed by atoms with van der Waals surface area (Å²) in [4.78, 5) is 27.0. The molecule has 0 aliphatic heterocycles. The molecule has 2 heterocycles. The lowest BCUT2D eigenvalue weighted by Crippen LogP contribution is -2.08. The molecular formula is C21H16ClN5O6. The minimum atomic E-state index is -0.680. The number of esters is 1. The van der Waals surface area contributed by atoms with E-state index in [1.54, 1.807) is 31.2 Å². The normalized spacial score (nSPS) is 10.7. The van der Waals surface area contributed by atoms with Crippen molar-refractivity contribution in [1.29, 1.82) is 0 Å². The summed E-state index contributed by atoms with van der Waals surface area (Å²) >= 11 is 5.89. The first-order valence-corrected chi connectivity index (χ1v) is 10.1. The van der Waals surface area contributed by atoms with Crippen LogP contribution in [0.4, 0.5) is 5.69 Å². The molecule has 11 nitrogen and oxygen atoms in total. The van der Waals surface area contributed by atoms with Gasteiger partial charge in [0.25, 0.3) is 11.6 Å². The molecule has 4 aromatic rings. The van der Waals surface area contributed by atoms with E-state index in [0.717, 1.165) is 0 Å². The topological polar surface area (TPSA) is 135 Å². The number of ether oxygens (including phenoxy) is 2. The Hall–Kier alpha value is -4.25. The maximum atomic E-state index is 12.4. The van der Waals surface area contributed by atoms with Crippen LogP contribution in [0.3, 0.4) is 0 Å². The molecule has 0 saturated carbocycles. The standard InChI is InChI=1S/C21H16ClN5O6/c1-2-31-21(28)19-17(11-26(24-19)15-7-9-16(10-8-15)27(29)30)32-12-18-23-20(25-33-18)13-3-5-14(22)6-4-13/h3-11H,2,12H2,1H3. The van der Waals surface area contributed by atoms with E-state index in [-0.39, 0.29) is 36.2 Å². The first-order chi connectivity index (χ1) is 15.9. The Balaban J connectivity index is 1.55. The lowest BCUT2D eigenvalue weighted by Gasteiger charge is -2.02. The smallest absolute Gasteiger partial charge is 0.362 e. The van der Waals surface area contributed by atoms with Crippen LogP contribution >= 0.6 is 11.6 Å². The van der Waals surface area contributed by atoms with Gasteiger partial charge in [0.15, 0.2) is 12.4 Å². The summed E-state index contributed by atoms with van der Waals surface area (Å²) in [6, 6.07) is 12.6. The molecule has 2 aromatic heterocycles. The van der Waals surface area contributed by atoms with Crippen LogP contribution in [0.5, 0.6) is 5.75 Å². The number of benzene rings is 2. The molecule has 0 aliphatic rings. The molecule has 168 valence electrons. The predicted octanol–water partition coefficient (Wildman–Crippen LogP) is 4.24. The second-order valence-electron chi connectivity index (χ2n) is 6.59. The molecule has 0 spiro atoms. The average molecular weight is 470 g/mol. The van der Waals surface area contributed by atoms with E-state index in [2.05, 4.69) is 15.2 Å². The van der Waals surface area contributed by atoms with E-state index in [9.17, 15) is 14.9 Å². The van der Waals surface area contributed by atoms with Crippen molar-refractivity contribution >= 4 is 23.3 Å². The average Bonchev–Trinajstić information content (AvgIpc) is 3.46. The zero-order valence-electron chi connectivity index (χ0n) is 17.2. The van der Waals surface area contributed by atoms with Gasteiger partial charge in [-0.3, -0.25) is 10.1 Å². The number of nitrogens with zero attached hydrogens (tertiary/aromatic N) is 5. The highest BCUT2D eigenvalue weighted by Crippen LogP contribution is 2.24. The van der Waals surface area contributed by atoms with E-state index in [0.29, 0.717) is 22.1 Å². The molecule has 0 N–H and O–H groups in total. The fraction of sp³-hybridized carbons (Fsp3) is 0.143. The summed E-state index contributed by atoms with van der Waals surface area (Å²) < 4.78 is 17.3. The number of nitro groups is 1. The lowest BCUT2D eigenvalue weighted by molar-refractivity contribution is -0.384. The SMILES string of the molecule is CCOC(=O)c1nn(-c2ccc([N+](=O)[O-])cc2)cc1OCc1nc(-c2ccc(Cl)cc2)no1. The van der Waals surface area contributed by atoms with Gasteiger partial charge in [-0.2, -0.15) is 10.1 Å². The molecule has 0 atom stereocenters. The molecule has 0 unspecified atom stereocenters. The maximum absolute atomic E-state index is 12.4. The van der Waals surface area contributed by atoms with Gasteiger partial charge in [-0.1, -0.05) is 16.8 Å². The van der Waals surface area contributed by atoms with Crippen LogP contribution in [-0.4, -0.2) is 37.4 Å². The molecule has 0 radical (unpaired) electrons. The van der Waals surface area contributed by atoms with Crippen molar-refractivity contribution in [1.82, 2.24) is 19.9 Å². The number of hydrogen-bond donors (Lipinski definition) is 0. The van der Waals surface area contributed by atoms with Gasteiger partial charge < -0.3 is 14.0 Å². The van der Waals surface area contributed by atoms with Crippen molar-refractivity contribution in [3.05, 3.63) is 81.4 Å². The number of hydrogen-bond acceptors (Lipinski definition) is 9. The second kappa shape index (κ2) is 9.49. The molecule has 0 aliphatic carbocycles. The summed E-state index contributed by atoms with van der Waals surface area (Å²) in [5.74, 6) is -0.0195. The van der Waals surface area contributed by atoms with E-state index in [1.807, 2.05) is 0 Å². The minimum absolute atomic E-state index is 0.0624. The van der Waals surface area contributed by atoms with Gasteiger partial charge in [0, 0.05) is 22.7 Å².